The maximum Gasteiger partial charge on any atom is 0.461 e. The van der Waals surface area contributed by atoms with Gasteiger partial charge in [0.2, 0.25) is 0 Å². The highest BCUT2D eigenvalue weighted by molar-refractivity contribution is 9.09. The van der Waals surface area contributed by atoms with Gasteiger partial charge in [0.05, 0.1) is 11.2 Å². The topological polar surface area (TPSA) is 18.5 Å². The molecule has 1 saturated carbocycles. The summed E-state index contributed by atoms with van der Waals surface area (Å²) in [5.74, 6) is 1.37. The summed E-state index contributed by atoms with van der Waals surface area (Å²) in [5.41, 5.74) is -0.389. The zero-order valence-electron chi connectivity index (χ0n) is 14.3. The molecule has 122 valence electrons. The van der Waals surface area contributed by atoms with Gasteiger partial charge in [-0.15, -0.1) is 0 Å². The van der Waals surface area contributed by atoms with Crippen LogP contribution < -0.4 is 0 Å². The van der Waals surface area contributed by atoms with Crippen molar-refractivity contribution in [2.24, 2.45) is 5.92 Å². The summed E-state index contributed by atoms with van der Waals surface area (Å²) in [4.78, 5) is 0. The Kier molecular flexibility index (Phi) is 6.24. The van der Waals surface area contributed by atoms with Gasteiger partial charge in [0.15, 0.2) is 0 Å². The molecule has 1 aliphatic carbocycles. The molecule has 21 heavy (non-hydrogen) atoms. The molecule has 0 spiro atoms. The summed E-state index contributed by atoms with van der Waals surface area (Å²) in [6, 6.07) is 0. The molecule has 0 bridgehead atoms. The fraction of sp³-hybridized carbons (Fsp3) is 1.00. The smallest absolute Gasteiger partial charge is 0.403 e. The minimum Gasteiger partial charge on any atom is -0.403 e. The van der Waals surface area contributed by atoms with E-state index in [1.165, 1.54) is 51.4 Å². The van der Waals surface area contributed by atoms with Crippen LogP contribution in [0, 0.1) is 5.92 Å². The molecule has 1 saturated heterocycles. The average Bonchev–Trinajstić information content (AvgIpc) is 2.64. The monoisotopic (exact) mass is 358 g/mol. The zero-order chi connectivity index (χ0) is 15.5. The molecule has 0 aromatic rings. The van der Waals surface area contributed by atoms with E-state index in [1.807, 2.05) is 0 Å². The average molecular weight is 359 g/mol. The number of alkyl halides is 1. The lowest BCUT2D eigenvalue weighted by Gasteiger charge is -2.32. The van der Waals surface area contributed by atoms with Crippen LogP contribution in [-0.4, -0.2) is 23.7 Å². The second-order valence-corrected chi connectivity index (χ2v) is 8.66. The lowest BCUT2D eigenvalue weighted by Crippen LogP contribution is -2.41. The Hall–Kier alpha value is 0.465. The summed E-state index contributed by atoms with van der Waals surface area (Å²) in [7, 11) is -0.00609. The Morgan fingerprint density at radius 3 is 2.10 bits per heavy atom. The largest absolute Gasteiger partial charge is 0.461 e. The standard InChI is InChI=1S/C17H32BBrO2/c1-16(2)17(3,4)21-18(20-16)15(12-8-9-13-19)14-10-6-5-7-11-14/h14-15H,5-13H2,1-4H3. The molecule has 2 aliphatic rings. The number of halogens is 1. The van der Waals surface area contributed by atoms with Crippen molar-refractivity contribution in [2.45, 2.75) is 96.1 Å². The first-order valence-electron chi connectivity index (χ1n) is 8.79. The summed E-state index contributed by atoms with van der Waals surface area (Å²) in [6.07, 6.45) is 10.7. The van der Waals surface area contributed by atoms with Gasteiger partial charge in [-0.05, 0) is 45.9 Å². The van der Waals surface area contributed by atoms with E-state index in [2.05, 4.69) is 43.6 Å². The van der Waals surface area contributed by atoms with Crippen LogP contribution in [0.5, 0.6) is 0 Å². The van der Waals surface area contributed by atoms with Crippen LogP contribution in [0.2, 0.25) is 5.82 Å². The van der Waals surface area contributed by atoms with Crippen LogP contribution in [0.3, 0.4) is 0 Å². The van der Waals surface area contributed by atoms with Gasteiger partial charge in [0.25, 0.3) is 0 Å². The molecule has 0 aromatic carbocycles. The van der Waals surface area contributed by atoms with E-state index in [1.54, 1.807) is 0 Å². The van der Waals surface area contributed by atoms with Crippen molar-refractivity contribution in [3.63, 3.8) is 0 Å². The molecule has 0 aromatic heterocycles. The van der Waals surface area contributed by atoms with E-state index in [0.29, 0.717) is 5.82 Å². The van der Waals surface area contributed by atoms with Gasteiger partial charge in [-0.25, -0.2) is 0 Å². The quantitative estimate of drug-likeness (QED) is 0.349. The fourth-order valence-electron chi connectivity index (χ4n) is 3.69. The van der Waals surface area contributed by atoms with E-state index >= 15 is 0 Å². The number of hydrogen-bond acceptors (Lipinski definition) is 2. The van der Waals surface area contributed by atoms with Crippen LogP contribution >= 0.6 is 15.9 Å². The molecule has 0 N–H and O–H groups in total. The third-order valence-electron chi connectivity index (χ3n) is 5.80. The molecule has 1 heterocycles. The molecule has 1 aliphatic heterocycles. The summed E-state index contributed by atoms with van der Waals surface area (Å²) < 4.78 is 12.8. The fourth-order valence-corrected chi connectivity index (χ4v) is 4.09. The predicted octanol–water partition coefficient (Wildman–Crippen LogP) is 5.59. The minimum absolute atomic E-state index is 0.00609. The van der Waals surface area contributed by atoms with Gasteiger partial charge in [-0.3, -0.25) is 0 Å². The zero-order valence-corrected chi connectivity index (χ0v) is 15.9. The Morgan fingerprint density at radius 2 is 1.57 bits per heavy atom. The normalized spacial score (nSPS) is 27.0. The number of hydrogen-bond donors (Lipinski definition) is 0. The van der Waals surface area contributed by atoms with Crippen molar-refractivity contribution >= 4 is 23.0 Å². The van der Waals surface area contributed by atoms with Crippen LogP contribution in [0.4, 0.5) is 0 Å². The highest BCUT2D eigenvalue weighted by Gasteiger charge is 2.54. The first kappa shape index (κ1) is 17.8. The van der Waals surface area contributed by atoms with Crippen molar-refractivity contribution in [1.29, 1.82) is 0 Å². The Labute approximate surface area is 140 Å². The van der Waals surface area contributed by atoms with Crippen LogP contribution in [0.25, 0.3) is 0 Å². The predicted molar refractivity (Wildman–Crippen MR) is 94.1 cm³/mol. The first-order chi connectivity index (χ1) is 9.87. The Balaban J connectivity index is 2.04. The second-order valence-electron chi connectivity index (χ2n) is 7.87. The van der Waals surface area contributed by atoms with Crippen molar-refractivity contribution in [3.05, 3.63) is 0 Å². The summed E-state index contributed by atoms with van der Waals surface area (Å²) in [5, 5.41) is 1.10. The molecule has 1 unspecified atom stereocenters. The van der Waals surface area contributed by atoms with Gasteiger partial charge in [-0.2, -0.15) is 0 Å². The summed E-state index contributed by atoms with van der Waals surface area (Å²) >= 11 is 3.55. The lowest BCUT2D eigenvalue weighted by molar-refractivity contribution is 0.00578. The van der Waals surface area contributed by atoms with Crippen LogP contribution in [0.1, 0.15) is 79.1 Å². The maximum atomic E-state index is 6.38. The molecule has 1 atom stereocenters. The number of unbranched alkanes of at least 4 members (excludes halogenated alkanes) is 1. The highest BCUT2D eigenvalue weighted by Crippen LogP contribution is 2.46. The highest BCUT2D eigenvalue weighted by atomic mass is 79.9. The van der Waals surface area contributed by atoms with Gasteiger partial charge >= 0.3 is 7.12 Å². The molecular weight excluding hydrogens is 327 g/mol. The van der Waals surface area contributed by atoms with Gasteiger partial charge < -0.3 is 9.31 Å². The molecule has 2 nitrogen and oxygen atoms in total. The molecule has 0 amide bonds. The van der Waals surface area contributed by atoms with Crippen molar-refractivity contribution < 1.29 is 9.31 Å². The van der Waals surface area contributed by atoms with Gasteiger partial charge in [0, 0.05) is 5.33 Å². The number of rotatable bonds is 6. The molecule has 2 rings (SSSR count). The SMILES string of the molecule is CC1(C)OB(C(CCCCBr)C2CCCCC2)OC1(C)C. The van der Waals surface area contributed by atoms with E-state index in [-0.39, 0.29) is 18.3 Å². The van der Waals surface area contributed by atoms with Crippen molar-refractivity contribution in [3.8, 4) is 0 Å². The van der Waals surface area contributed by atoms with Crippen LogP contribution in [0.15, 0.2) is 0 Å². The molecule has 2 fully saturated rings. The van der Waals surface area contributed by atoms with Crippen molar-refractivity contribution in [1.82, 2.24) is 0 Å². The Morgan fingerprint density at radius 1 is 1.00 bits per heavy atom. The van der Waals surface area contributed by atoms with Crippen LogP contribution in [-0.2, 0) is 9.31 Å². The molecule has 0 radical (unpaired) electrons. The molecule has 4 heteroatoms. The van der Waals surface area contributed by atoms with Gasteiger partial charge in [0.1, 0.15) is 0 Å². The van der Waals surface area contributed by atoms with Crippen molar-refractivity contribution in [2.75, 3.05) is 5.33 Å². The summed E-state index contributed by atoms with van der Waals surface area (Å²) in [6.45, 7) is 8.68. The second kappa shape index (κ2) is 7.36. The third kappa shape index (κ3) is 4.26. The maximum absolute atomic E-state index is 6.38. The minimum atomic E-state index is -0.194. The first-order valence-corrected chi connectivity index (χ1v) is 9.91. The van der Waals surface area contributed by atoms with E-state index in [0.717, 1.165) is 11.2 Å². The van der Waals surface area contributed by atoms with E-state index < -0.39 is 0 Å². The van der Waals surface area contributed by atoms with E-state index in [9.17, 15) is 0 Å². The third-order valence-corrected chi connectivity index (χ3v) is 6.36. The van der Waals surface area contributed by atoms with E-state index in [4.69, 9.17) is 9.31 Å². The lowest BCUT2D eigenvalue weighted by atomic mass is 9.59. The van der Waals surface area contributed by atoms with Gasteiger partial charge in [-0.1, -0.05) is 60.9 Å². The molecular formula is C17H32BBrO2. The Bertz CT molecular complexity index is 311.